The van der Waals surface area contributed by atoms with Crippen molar-refractivity contribution < 1.29 is 9.84 Å². The maximum absolute atomic E-state index is 10.3. The summed E-state index contributed by atoms with van der Waals surface area (Å²) >= 11 is 9.49. The van der Waals surface area contributed by atoms with Crippen LogP contribution in [-0.2, 0) is 0 Å². The molecule has 2 unspecified atom stereocenters. The molecule has 20 heavy (non-hydrogen) atoms. The highest BCUT2D eigenvalue weighted by molar-refractivity contribution is 9.10. The molecule has 0 bridgehead atoms. The summed E-state index contributed by atoms with van der Waals surface area (Å²) in [6.07, 6.45) is -0.166. The molecule has 1 aliphatic heterocycles. The molecule has 0 spiro atoms. The van der Waals surface area contributed by atoms with E-state index in [9.17, 15) is 5.11 Å². The van der Waals surface area contributed by atoms with E-state index in [2.05, 4.69) is 15.9 Å². The van der Waals surface area contributed by atoms with E-state index >= 15 is 0 Å². The van der Waals surface area contributed by atoms with Gasteiger partial charge in [0, 0.05) is 21.5 Å². The molecule has 1 heterocycles. The number of aliphatic hydroxyl groups excluding tert-OH is 1. The molecule has 0 saturated heterocycles. The topological polar surface area (TPSA) is 29.5 Å². The van der Waals surface area contributed by atoms with Crippen LogP contribution in [-0.4, -0.2) is 5.11 Å². The Hall–Kier alpha value is -1.03. The molecule has 1 N–H and O–H groups in total. The van der Waals surface area contributed by atoms with Crippen molar-refractivity contribution in [2.45, 2.75) is 25.6 Å². The first kappa shape index (κ1) is 13.9. The van der Waals surface area contributed by atoms with Crippen molar-refractivity contribution in [2.24, 2.45) is 0 Å². The van der Waals surface area contributed by atoms with Gasteiger partial charge in [-0.3, -0.25) is 0 Å². The van der Waals surface area contributed by atoms with Gasteiger partial charge in [-0.15, -0.1) is 0 Å². The Labute approximate surface area is 131 Å². The minimum atomic E-state index is -0.553. The Morgan fingerprint density at radius 3 is 2.80 bits per heavy atom. The molecular formula is C16H14BrClO2. The molecule has 2 aromatic rings. The lowest BCUT2D eigenvalue weighted by atomic mass is 9.94. The number of ether oxygens (including phenoxy) is 1. The third-order valence-electron chi connectivity index (χ3n) is 3.61. The fourth-order valence-corrected chi connectivity index (χ4v) is 3.01. The summed E-state index contributed by atoms with van der Waals surface area (Å²) in [6, 6.07) is 11.5. The first-order valence-corrected chi connectivity index (χ1v) is 7.62. The van der Waals surface area contributed by atoms with Gasteiger partial charge in [0.15, 0.2) is 0 Å². The summed E-state index contributed by atoms with van der Waals surface area (Å²) in [7, 11) is 0. The summed E-state index contributed by atoms with van der Waals surface area (Å²) < 4.78 is 7.05. The quantitative estimate of drug-likeness (QED) is 0.784. The lowest BCUT2D eigenvalue weighted by molar-refractivity contribution is 0.0657. The molecule has 0 aliphatic carbocycles. The fourth-order valence-electron chi connectivity index (χ4n) is 2.43. The van der Waals surface area contributed by atoms with Gasteiger partial charge in [-0.05, 0) is 42.3 Å². The monoisotopic (exact) mass is 352 g/mol. The van der Waals surface area contributed by atoms with E-state index in [4.69, 9.17) is 16.3 Å². The number of hydrogen-bond acceptors (Lipinski definition) is 2. The zero-order chi connectivity index (χ0) is 14.3. The van der Waals surface area contributed by atoms with Gasteiger partial charge in [0.1, 0.15) is 11.9 Å². The molecule has 104 valence electrons. The fraction of sp³-hybridized carbons (Fsp3) is 0.250. The Morgan fingerprint density at radius 1 is 1.25 bits per heavy atom. The highest BCUT2D eigenvalue weighted by Crippen LogP contribution is 2.42. The van der Waals surface area contributed by atoms with Gasteiger partial charge >= 0.3 is 0 Å². The van der Waals surface area contributed by atoms with Gasteiger partial charge in [0.05, 0.1) is 6.10 Å². The zero-order valence-electron chi connectivity index (χ0n) is 10.9. The van der Waals surface area contributed by atoms with Gasteiger partial charge in [0.2, 0.25) is 0 Å². The van der Waals surface area contributed by atoms with Crippen LogP contribution in [0.1, 0.15) is 35.3 Å². The van der Waals surface area contributed by atoms with Crippen LogP contribution >= 0.6 is 27.5 Å². The van der Waals surface area contributed by atoms with E-state index in [0.29, 0.717) is 17.2 Å². The van der Waals surface area contributed by atoms with Gasteiger partial charge in [-0.1, -0.05) is 39.7 Å². The highest BCUT2D eigenvalue weighted by atomic mass is 79.9. The van der Waals surface area contributed by atoms with Crippen LogP contribution in [0.3, 0.4) is 0 Å². The van der Waals surface area contributed by atoms with Crippen LogP contribution in [0.15, 0.2) is 40.9 Å². The number of aliphatic hydroxyl groups is 1. The summed E-state index contributed by atoms with van der Waals surface area (Å²) in [5, 5.41) is 10.9. The number of halogens is 2. The van der Waals surface area contributed by atoms with Crippen LogP contribution in [0.25, 0.3) is 0 Å². The summed E-state index contributed by atoms with van der Waals surface area (Å²) in [5.41, 5.74) is 3.00. The molecule has 1 aliphatic rings. The lowest BCUT2D eigenvalue weighted by Crippen LogP contribution is -2.19. The van der Waals surface area contributed by atoms with Crippen LogP contribution in [0, 0.1) is 6.92 Å². The molecule has 2 aromatic carbocycles. The van der Waals surface area contributed by atoms with Gasteiger partial charge in [-0.25, -0.2) is 0 Å². The standard InChI is InChI=1S/C16H14BrClO2/c1-9-2-3-10(6-13(9)17)16-8-14(19)12-7-11(18)4-5-15(12)20-16/h2-7,14,16,19H,8H2,1H3. The zero-order valence-corrected chi connectivity index (χ0v) is 13.3. The number of rotatable bonds is 1. The summed E-state index contributed by atoms with van der Waals surface area (Å²) in [5.74, 6) is 0.704. The third-order valence-corrected chi connectivity index (χ3v) is 4.69. The Bertz CT molecular complexity index is 657. The Kier molecular flexibility index (Phi) is 3.76. The van der Waals surface area contributed by atoms with E-state index in [1.165, 1.54) is 5.56 Å². The average molecular weight is 354 g/mol. The van der Waals surface area contributed by atoms with Crippen molar-refractivity contribution in [1.29, 1.82) is 0 Å². The second-order valence-electron chi connectivity index (χ2n) is 5.05. The normalized spacial score (nSPS) is 21.2. The first-order valence-electron chi connectivity index (χ1n) is 6.45. The molecular weight excluding hydrogens is 340 g/mol. The van der Waals surface area contributed by atoms with E-state index in [-0.39, 0.29) is 6.10 Å². The predicted octanol–water partition coefficient (Wildman–Crippen LogP) is 4.97. The molecule has 0 amide bonds. The lowest BCUT2D eigenvalue weighted by Gasteiger charge is -2.30. The van der Waals surface area contributed by atoms with Crippen LogP contribution in [0.2, 0.25) is 5.02 Å². The highest BCUT2D eigenvalue weighted by Gasteiger charge is 2.28. The van der Waals surface area contributed by atoms with E-state index in [1.54, 1.807) is 12.1 Å². The molecule has 0 radical (unpaired) electrons. The average Bonchev–Trinajstić information content (AvgIpc) is 2.42. The molecule has 2 nitrogen and oxygen atoms in total. The van der Waals surface area contributed by atoms with Crippen molar-refractivity contribution in [3.05, 3.63) is 62.6 Å². The van der Waals surface area contributed by atoms with Gasteiger partial charge < -0.3 is 9.84 Å². The minimum Gasteiger partial charge on any atom is -0.485 e. The minimum absolute atomic E-state index is 0.143. The number of benzene rings is 2. The SMILES string of the molecule is Cc1ccc(C2CC(O)c3cc(Cl)ccc3O2)cc1Br. The second-order valence-corrected chi connectivity index (χ2v) is 6.34. The Balaban J connectivity index is 1.94. The van der Waals surface area contributed by atoms with E-state index < -0.39 is 6.10 Å². The molecule has 3 rings (SSSR count). The molecule has 4 heteroatoms. The van der Waals surface area contributed by atoms with E-state index in [0.717, 1.165) is 15.6 Å². The van der Waals surface area contributed by atoms with Crippen molar-refractivity contribution in [1.82, 2.24) is 0 Å². The number of hydrogen-bond donors (Lipinski definition) is 1. The molecule has 0 aromatic heterocycles. The van der Waals surface area contributed by atoms with Gasteiger partial charge in [0.25, 0.3) is 0 Å². The van der Waals surface area contributed by atoms with Crippen LogP contribution < -0.4 is 4.74 Å². The largest absolute Gasteiger partial charge is 0.485 e. The van der Waals surface area contributed by atoms with Crippen LogP contribution in [0.5, 0.6) is 5.75 Å². The maximum Gasteiger partial charge on any atom is 0.127 e. The van der Waals surface area contributed by atoms with Gasteiger partial charge in [-0.2, -0.15) is 0 Å². The van der Waals surface area contributed by atoms with Crippen molar-refractivity contribution in [3.63, 3.8) is 0 Å². The summed E-state index contributed by atoms with van der Waals surface area (Å²) in [4.78, 5) is 0. The maximum atomic E-state index is 10.3. The van der Waals surface area contributed by atoms with Crippen LogP contribution in [0.4, 0.5) is 0 Å². The Morgan fingerprint density at radius 2 is 2.05 bits per heavy atom. The smallest absolute Gasteiger partial charge is 0.127 e. The van der Waals surface area contributed by atoms with Crippen molar-refractivity contribution in [2.75, 3.05) is 0 Å². The molecule has 0 fully saturated rings. The number of fused-ring (bicyclic) bond motifs is 1. The predicted molar refractivity (Wildman–Crippen MR) is 83.3 cm³/mol. The third kappa shape index (κ3) is 2.58. The molecule has 0 saturated carbocycles. The number of aryl methyl sites for hydroxylation is 1. The summed E-state index contributed by atoms with van der Waals surface area (Å²) in [6.45, 7) is 2.04. The van der Waals surface area contributed by atoms with E-state index in [1.807, 2.05) is 31.2 Å². The second kappa shape index (κ2) is 5.40. The van der Waals surface area contributed by atoms with Crippen molar-refractivity contribution in [3.8, 4) is 5.75 Å². The van der Waals surface area contributed by atoms with Crippen molar-refractivity contribution >= 4 is 27.5 Å². The first-order chi connectivity index (χ1) is 9.54. The molecule has 2 atom stereocenters.